The van der Waals surface area contributed by atoms with Crippen molar-refractivity contribution in [1.29, 1.82) is 0 Å². The van der Waals surface area contributed by atoms with Crippen LogP contribution in [0.2, 0.25) is 0 Å². The number of hydrogen-bond donors (Lipinski definition) is 0. The molecule has 4 aromatic rings. The Morgan fingerprint density at radius 2 is 1.87 bits per heavy atom. The van der Waals surface area contributed by atoms with Gasteiger partial charge >= 0.3 is 0 Å². The highest BCUT2D eigenvalue weighted by Gasteiger charge is 2.16. The van der Waals surface area contributed by atoms with Gasteiger partial charge in [-0.2, -0.15) is 0 Å². The van der Waals surface area contributed by atoms with Crippen LogP contribution in [0.5, 0.6) is 0 Å². The highest BCUT2D eigenvalue weighted by molar-refractivity contribution is 5.98. The smallest absolute Gasteiger partial charge is 0.169 e. The summed E-state index contributed by atoms with van der Waals surface area (Å²) in [6.07, 6.45) is 7.92. The molecule has 0 aliphatic carbocycles. The van der Waals surface area contributed by atoms with Crippen molar-refractivity contribution in [1.82, 2.24) is 24.5 Å². The van der Waals surface area contributed by atoms with Crippen LogP contribution < -0.4 is 4.90 Å². The molecule has 0 unspecified atom stereocenters. The number of fused-ring (bicyclic) bond motifs is 1. The number of nitrogens with zero attached hydrogens (tertiary/aromatic N) is 6. The fourth-order valence-corrected chi connectivity index (χ4v) is 4.01. The van der Waals surface area contributed by atoms with Crippen LogP contribution in [0.3, 0.4) is 0 Å². The predicted octanol–water partition coefficient (Wildman–Crippen LogP) is 3.76. The Bertz CT molecular complexity index is 1270. The number of aromatic nitrogens is 5. The molecule has 7 nitrogen and oxygen atoms in total. The van der Waals surface area contributed by atoms with Crippen molar-refractivity contribution in [2.75, 3.05) is 18.0 Å². The quantitative estimate of drug-likeness (QED) is 0.465. The van der Waals surface area contributed by atoms with E-state index >= 15 is 0 Å². The van der Waals surface area contributed by atoms with Crippen LogP contribution in [0.25, 0.3) is 22.3 Å². The van der Waals surface area contributed by atoms with E-state index in [0.29, 0.717) is 11.3 Å². The monoisotopic (exact) mass is 412 g/mol. The van der Waals surface area contributed by atoms with Crippen molar-refractivity contribution in [3.05, 3.63) is 66.0 Å². The largest absolute Gasteiger partial charge is 0.357 e. The third kappa shape index (κ3) is 3.79. The summed E-state index contributed by atoms with van der Waals surface area (Å²) in [4.78, 5) is 33.3. The van der Waals surface area contributed by atoms with E-state index in [1.54, 1.807) is 18.5 Å². The van der Waals surface area contributed by atoms with Crippen LogP contribution in [0.15, 0.2) is 48.9 Å². The summed E-state index contributed by atoms with van der Waals surface area (Å²) in [6.45, 7) is 3.97. The third-order valence-corrected chi connectivity index (χ3v) is 5.95. The number of Topliss-reactive ketones (excluding diaryl/α,β-unsaturated/α-hetero) is 1. The maximum atomic E-state index is 12.9. The van der Waals surface area contributed by atoms with Gasteiger partial charge in [-0.1, -0.05) is 0 Å². The minimum absolute atomic E-state index is 0.0353. The molecule has 1 saturated heterocycles. The highest BCUT2D eigenvalue weighted by Crippen LogP contribution is 2.23. The Morgan fingerprint density at radius 3 is 2.65 bits per heavy atom. The molecule has 0 radical (unpaired) electrons. The Hall–Kier alpha value is -3.61. The first-order valence-electron chi connectivity index (χ1n) is 10.6. The van der Waals surface area contributed by atoms with Gasteiger partial charge in [0.2, 0.25) is 0 Å². The second-order valence-electron chi connectivity index (χ2n) is 8.01. The van der Waals surface area contributed by atoms with Crippen LogP contribution >= 0.6 is 0 Å². The number of imidazole rings is 1. The summed E-state index contributed by atoms with van der Waals surface area (Å²) in [5, 5.41) is 0.944. The third-order valence-electron chi connectivity index (χ3n) is 5.95. The SMILES string of the molecule is Cc1ncc(-c2ccc3cnc(CC(=O)c4ccnc(N5CCCC5)c4)cc3n2)n1C. The Kier molecular flexibility index (Phi) is 4.94. The maximum Gasteiger partial charge on any atom is 0.169 e. The van der Waals surface area contributed by atoms with Gasteiger partial charge in [-0.25, -0.2) is 15.0 Å². The molecule has 1 aliphatic heterocycles. The molecule has 0 bridgehead atoms. The van der Waals surface area contributed by atoms with Gasteiger partial charge in [0.1, 0.15) is 11.6 Å². The second kappa shape index (κ2) is 7.91. The first-order chi connectivity index (χ1) is 15.1. The molecule has 5 rings (SSSR count). The summed E-state index contributed by atoms with van der Waals surface area (Å²) >= 11 is 0. The number of hydrogen-bond acceptors (Lipinski definition) is 6. The van der Waals surface area contributed by atoms with Gasteiger partial charge in [-0.3, -0.25) is 9.78 Å². The summed E-state index contributed by atoms with van der Waals surface area (Å²) in [5.41, 5.74) is 4.01. The van der Waals surface area contributed by atoms with E-state index in [4.69, 9.17) is 4.98 Å². The fourth-order valence-electron chi connectivity index (χ4n) is 4.01. The zero-order valence-electron chi connectivity index (χ0n) is 17.7. The minimum atomic E-state index is 0.0353. The lowest BCUT2D eigenvalue weighted by Crippen LogP contribution is -2.19. The van der Waals surface area contributed by atoms with E-state index in [1.807, 2.05) is 49.0 Å². The van der Waals surface area contributed by atoms with Gasteiger partial charge in [0.05, 0.1) is 35.2 Å². The van der Waals surface area contributed by atoms with Gasteiger partial charge in [0, 0.05) is 43.5 Å². The lowest BCUT2D eigenvalue weighted by atomic mass is 10.1. The van der Waals surface area contributed by atoms with E-state index in [2.05, 4.69) is 19.9 Å². The van der Waals surface area contributed by atoms with Gasteiger partial charge in [0.25, 0.3) is 0 Å². The molecule has 31 heavy (non-hydrogen) atoms. The Morgan fingerprint density at radius 1 is 1.03 bits per heavy atom. The zero-order chi connectivity index (χ0) is 21.4. The van der Waals surface area contributed by atoms with Crippen LogP contribution in [-0.2, 0) is 13.5 Å². The molecule has 1 fully saturated rings. The molecule has 4 aromatic heterocycles. The topological polar surface area (TPSA) is 76.8 Å². The van der Waals surface area contributed by atoms with Crippen LogP contribution in [0.1, 0.15) is 34.7 Å². The van der Waals surface area contributed by atoms with E-state index in [-0.39, 0.29) is 12.2 Å². The molecule has 156 valence electrons. The number of carbonyl (C=O) groups is 1. The van der Waals surface area contributed by atoms with Crippen molar-refractivity contribution in [3.63, 3.8) is 0 Å². The summed E-state index contributed by atoms with van der Waals surface area (Å²) in [5.74, 6) is 1.85. The van der Waals surface area contributed by atoms with Gasteiger partial charge in [0.15, 0.2) is 5.78 Å². The normalized spacial score (nSPS) is 13.8. The average Bonchev–Trinajstić information content (AvgIpc) is 3.44. The molecule has 5 heterocycles. The predicted molar refractivity (Wildman–Crippen MR) is 120 cm³/mol. The summed E-state index contributed by atoms with van der Waals surface area (Å²) < 4.78 is 2.02. The lowest BCUT2D eigenvalue weighted by molar-refractivity contribution is 0.0992. The number of carbonyl (C=O) groups excluding carboxylic acids is 1. The van der Waals surface area contributed by atoms with E-state index in [9.17, 15) is 4.79 Å². The van der Waals surface area contributed by atoms with Crippen LogP contribution in [0, 0.1) is 6.92 Å². The molecule has 0 atom stereocenters. The van der Waals surface area contributed by atoms with E-state index in [1.165, 1.54) is 12.8 Å². The molecule has 1 aliphatic rings. The van der Waals surface area contributed by atoms with Crippen molar-refractivity contribution in [3.8, 4) is 11.4 Å². The Balaban J connectivity index is 1.40. The van der Waals surface area contributed by atoms with Crippen molar-refractivity contribution >= 4 is 22.5 Å². The average molecular weight is 412 g/mol. The van der Waals surface area contributed by atoms with Crippen LogP contribution in [-0.4, -0.2) is 43.4 Å². The molecule has 0 aromatic carbocycles. The minimum Gasteiger partial charge on any atom is -0.357 e. The van der Waals surface area contributed by atoms with Crippen molar-refractivity contribution in [2.24, 2.45) is 7.05 Å². The van der Waals surface area contributed by atoms with Gasteiger partial charge in [-0.05, 0) is 50.1 Å². The zero-order valence-corrected chi connectivity index (χ0v) is 17.7. The lowest BCUT2D eigenvalue weighted by Gasteiger charge is -2.16. The van der Waals surface area contributed by atoms with Crippen LogP contribution in [0.4, 0.5) is 5.82 Å². The van der Waals surface area contributed by atoms with E-state index in [0.717, 1.165) is 47.0 Å². The summed E-state index contributed by atoms with van der Waals surface area (Å²) in [6, 6.07) is 9.56. The highest BCUT2D eigenvalue weighted by atomic mass is 16.1. The first-order valence-corrected chi connectivity index (χ1v) is 10.6. The standard InChI is InChI=1S/C24H24N6O/c1-16-26-15-22(29(16)2)20-6-5-18-14-27-19(12-21(18)28-20)13-23(31)17-7-8-25-24(11-17)30-9-3-4-10-30/h5-8,11-12,14-15H,3-4,9-10,13H2,1-2H3. The summed E-state index contributed by atoms with van der Waals surface area (Å²) in [7, 11) is 1.98. The maximum absolute atomic E-state index is 12.9. The first kappa shape index (κ1) is 19.4. The van der Waals surface area contributed by atoms with Gasteiger partial charge < -0.3 is 9.47 Å². The molecule has 7 heteroatoms. The molecular formula is C24H24N6O. The van der Waals surface area contributed by atoms with Crippen molar-refractivity contribution in [2.45, 2.75) is 26.2 Å². The number of aryl methyl sites for hydroxylation is 1. The molecule has 0 N–H and O–H groups in total. The molecule has 0 spiro atoms. The van der Waals surface area contributed by atoms with E-state index < -0.39 is 0 Å². The number of anilines is 1. The molecule has 0 amide bonds. The second-order valence-corrected chi connectivity index (χ2v) is 8.01. The number of rotatable bonds is 5. The van der Waals surface area contributed by atoms with Crippen molar-refractivity contribution < 1.29 is 4.79 Å². The number of pyridine rings is 3. The fraction of sp³-hybridized carbons (Fsp3) is 0.292. The molecular weight excluding hydrogens is 388 g/mol. The number of ketones is 1. The molecule has 0 saturated carbocycles. The van der Waals surface area contributed by atoms with Gasteiger partial charge in [-0.15, -0.1) is 0 Å². The Labute approximate surface area is 180 Å².